The molecular weight excluding hydrogens is 152 g/mol. The first-order valence-electron chi connectivity index (χ1n) is 4.34. The highest BCUT2D eigenvalue weighted by atomic mass is 16.4. The lowest BCUT2D eigenvalue weighted by atomic mass is 10.2. The normalized spacial score (nSPS) is 37.2. The fourth-order valence-corrected chi connectivity index (χ4v) is 2.09. The second-order valence-corrected chi connectivity index (χ2v) is 3.55. The van der Waals surface area contributed by atoms with Gasteiger partial charge in [0.2, 0.25) is 0 Å². The maximum atomic E-state index is 10.4. The number of allylic oxidation sites excluding steroid dienone is 4. The molecule has 0 aromatic carbocycles. The Kier molecular flexibility index (Phi) is 1.75. The van der Waals surface area contributed by atoms with E-state index in [-0.39, 0.29) is 0 Å². The lowest BCUT2D eigenvalue weighted by Gasteiger charge is -1.91. The Morgan fingerprint density at radius 3 is 3.08 bits per heavy atom. The summed E-state index contributed by atoms with van der Waals surface area (Å²) in [6.45, 7) is 0. The van der Waals surface area contributed by atoms with Gasteiger partial charge in [-0.25, -0.2) is 0 Å². The monoisotopic (exact) mass is 164 g/mol. The summed E-state index contributed by atoms with van der Waals surface area (Å²) < 4.78 is 0. The first-order valence-corrected chi connectivity index (χ1v) is 4.34. The van der Waals surface area contributed by atoms with Crippen LogP contribution in [0.5, 0.6) is 0 Å². The van der Waals surface area contributed by atoms with Crippen LogP contribution in [0.4, 0.5) is 0 Å². The summed E-state index contributed by atoms with van der Waals surface area (Å²) in [5, 5.41) is 8.60. The van der Waals surface area contributed by atoms with E-state index in [1.165, 1.54) is 0 Å². The van der Waals surface area contributed by atoms with Gasteiger partial charge in [-0.1, -0.05) is 24.3 Å². The molecule has 1 saturated carbocycles. The molecule has 0 bridgehead atoms. The van der Waals surface area contributed by atoms with E-state index in [0.717, 1.165) is 6.42 Å². The minimum atomic E-state index is -0.662. The third kappa shape index (κ3) is 1.29. The van der Waals surface area contributed by atoms with E-state index >= 15 is 0 Å². The number of fused-ring (bicyclic) bond motifs is 1. The first kappa shape index (κ1) is 7.59. The molecule has 12 heavy (non-hydrogen) atoms. The van der Waals surface area contributed by atoms with Gasteiger partial charge in [-0.2, -0.15) is 0 Å². The van der Waals surface area contributed by atoms with Crippen molar-refractivity contribution in [3.05, 3.63) is 24.3 Å². The number of aliphatic carboxylic acids is 1. The van der Waals surface area contributed by atoms with Gasteiger partial charge in [-0.15, -0.1) is 0 Å². The van der Waals surface area contributed by atoms with Gasteiger partial charge in [-0.3, -0.25) is 4.79 Å². The number of carboxylic acid groups (broad SMARTS) is 1. The van der Waals surface area contributed by atoms with Crippen LogP contribution in [-0.4, -0.2) is 11.1 Å². The van der Waals surface area contributed by atoms with Crippen molar-refractivity contribution in [2.24, 2.45) is 17.8 Å². The zero-order valence-electron chi connectivity index (χ0n) is 6.81. The smallest absolute Gasteiger partial charge is 0.303 e. The Morgan fingerprint density at radius 2 is 2.33 bits per heavy atom. The molecule has 2 nitrogen and oxygen atoms in total. The Labute approximate surface area is 71.6 Å². The van der Waals surface area contributed by atoms with Crippen LogP contribution in [0.3, 0.4) is 0 Å². The molecule has 0 amide bonds. The zero-order valence-corrected chi connectivity index (χ0v) is 6.81. The van der Waals surface area contributed by atoms with Crippen molar-refractivity contribution in [2.75, 3.05) is 0 Å². The van der Waals surface area contributed by atoms with Gasteiger partial charge in [0.05, 0.1) is 0 Å². The molecule has 2 aliphatic carbocycles. The second kappa shape index (κ2) is 2.77. The van der Waals surface area contributed by atoms with E-state index in [4.69, 9.17) is 5.11 Å². The molecule has 2 heteroatoms. The van der Waals surface area contributed by atoms with Crippen molar-refractivity contribution < 1.29 is 9.90 Å². The summed E-state index contributed by atoms with van der Waals surface area (Å²) in [6, 6.07) is 0. The van der Waals surface area contributed by atoms with E-state index in [9.17, 15) is 4.79 Å². The Hall–Kier alpha value is -1.05. The lowest BCUT2D eigenvalue weighted by molar-refractivity contribution is -0.137. The number of carbonyl (C=O) groups is 1. The Morgan fingerprint density at radius 1 is 1.50 bits per heavy atom. The van der Waals surface area contributed by atoms with E-state index in [2.05, 4.69) is 12.2 Å². The number of carboxylic acids is 1. The maximum absolute atomic E-state index is 10.4. The van der Waals surface area contributed by atoms with Crippen molar-refractivity contribution in [3.63, 3.8) is 0 Å². The van der Waals surface area contributed by atoms with Gasteiger partial charge in [0.25, 0.3) is 0 Å². The summed E-state index contributed by atoms with van der Waals surface area (Å²) in [4.78, 5) is 10.4. The van der Waals surface area contributed by atoms with Gasteiger partial charge >= 0.3 is 5.97 Å². The van der Waals surface area contributed by atoms with Crippen LogP contribution in [0.25, 0.3) is 0 Å². The van der Waals surface area contributed by atoms with Crippen LogP contribution in [0.1, 0.15) is 12.8 Å². The third-order valence-corrected chi connectivity index (χ3v) is 2.80. The number of rotatable bonds is 2. The van der Waals surface area contributed by atoms with Gasteiger partial charge < -0.3 is 5.11 Å². The van der Waals surface area contributed by atoms with Gasteiger partial charge in [-0.05, 0) is 24.2 Å². The average Bonchev–Trinajstić information content (AvgIpc) is 2.66. The summed E-state index contributed by atoms with van der Waals surface area (Å²) in [5.74, 6) is 0.890. The molecule has 0 radical (unpaired) electrons. The van der Waals surface area contributed by atoms with Crippen molar-refractivity contribution in [1.29, 1.82) is 0 Å². The predicted octanol–water partition coefficient (Wildman–Crippen LogP) is 1.84. The van der Waals surface area contributed by atoms with Crippen LogP contribution in [0.2, 0.25) is 0 Å². The van der Waals surface area contributed by atoms with Crippen LogP contribution in [0.15, 0.2) is 24.3 Å². The molecule has 0 heterocycles. The second-order valence-electron chi connectivity index (χ2n) is 3.55. The quantitative estimate of drug-likeness (QED) is 0.676. The average molecular weight is 164 g/mol. The third-order valence-electron chi connectivity index (χ3n) is 2.80. The zero-order chi connectivity index (χ0) is 8.55. The van der Waals surface area contributed by atoms with Crippen molar-refractivity contribution in [3.8, 4) is 0 Å². The van der Waals surface area contributed by atoms with Crippen molar-refractivity contribution >= 4 is 5.97 Å². The predicted molar refractivity (Wildman–Crippen MR) is 45.6 cm³/mol. The largest absolute Gasteiger partial charge is 0.481 e. The molecule has 0 aliphatic heterocycles. The van der Waals surface area contributed by atoms with E-state index in [0.29, 0.717) is 24.2 Å². The van der Waals surface area contributed by atoms with Gasteiger partial charge in [0, 0.05) is 6.42 Å². The van der Waals surface area contributed by atoms with Crippen molar-refractivity contribution in [1.82, 2.24) is 0 Å². The van der Waals surface area contributed by atoms with Gasteiger partial charge in [0.15, 0.2) is 0 Å². The summed E-state index contributed by atoms with van der Waals surface area (Å²) in [6.07, 6.45) is 9.74. The fourth-order valence-electron chi connectivity index (χ4n) is 2.09. The maximum Gasteiger partial charge on any atom is 0.303 e. The Bertz CT molecular complexity index is 253. The molecule has 2 aliphatic rings. The molecule has 1 fully saturated rings. The molecule has 0 aromatic rings. The highest BCUT2D eigenvalue weighted by Crippen LogP contribution is 2.52. The van der Waals surface area contributed by atoms with Crippen LogP contribution in [0, 0.1) is 17.8 Å². The highest BCUT2D eigenvalue weighted by molar-refractivity contribution is 5.67. The van der Waals surface area contributed by atoms with Crippen LogP contribution >= 0.6 is 0 Å². The molecule has 3 atom stereocenters. The minimum Gasteiger partial charge on any atom is -0.481 e. The molecule has 0 saturated heterocycles. The molecule has 0 spiro atoms. The van der Waals surface area contributed by atoms with E-state index in [1.54, 1.807) is 0 Å². The standard InChI is InChI=1S/C10H12O2/c11-10(12)6-9-7-4-2-1-3-5-8(7)9/h1-4,7-9H,5-6H2,(H,11,12). The SMILES string of the molecule is O=C(O)CC1C2C=CC=CCC21. The fraction of sp³-hybridized carbons (Fsp3) is 0.500. The van der Waals surface area contributed by atoms with E-state index in [1.807, 2.05) is 12.2 Å². The molecular formula is C10H12O2. The molecule has 3 unspecified atom stereocenters. The van der Waals surface area contributed by atoms with Crippen molar-refractivity contribution in [2.45, 2.75) is 12.8 Å². The van der Waals surface area contributed by atoms with E-state index < -0.39 is 5.97 Å². The number of hydrogen-bond donors (Lipinski definition) is 1. The van der Waals surface area contributed by atoms with Crippen LogP contribution in [-0.2, 0) is 4.79 Å². The first-order chi connectivity index (χ1) is 5.79. The summed E-state index contributed by atoms with van der Waals surface area (Å²) >= 11 is 0. The molecule has 64 valence electrons. The van der Waals surface area contributed by atoms with Crippen LogP contribution < -0.4 is 0 Å². The molecule has 1 N–H and O–H groups in total. The minimum absolute atomic E-state index is 0.341. The summed E-state index contributed by atoms with van der Waals surface area (Å²) in [5.41, 5.74) is 0. The number of hydrogen-bond acceptors (Lipinski definition) is 1. The summed E-state index contributed by atoms with van der Waals surface area (Å²) in [7, 11) is 0. The van der Waals surface area contributed by atoms with Gasteiger partial charge in [0.1, 0.15) is 0 Å². The highest BCUT2D eigenvalue weighted by Gasteiger charge is 2.48. The molecule has 2 rings (SSSR count). The topological polar surface area (TPSA) is 37.3 Å². The Balaban J connectivity index is 1.95. The lowest BCUT2D eigenvalue weighted by Crippen LogP contribution is -1.97. The molecule has 0 aromatic heterocycles.